The van der Waals surface area contributed by atoms with Crippen LogP contribution in [-0.2, 0) is 13.0 Å². The third-order valence-corrected chi connectivity index (χ3v) is 4.51. The van der Waals surface area contributed by atoms with E-state index in [1.54, 1.807) is 18.4 Å². The second kappa shape index (κ2) is 11.5. The fourth-order valence-corrected chi connectivity index (χ4v) is 3.12. The van der Waals surface area contributed by atoms with E-state index in [0.29, 0.717) is 6.54 Å². The van der Waals surface area contributed by atoms with Crippen molar-refractivity contribution in [3.63, 3.8) is 0 Å². The highest BCUT2D eigenvalue weighted by Gasteiger charge is 2.01. The summed E-state index contributed by atoms with van der Waals surface area (Å²) in [6.07, 6.45) is 0.935. The van der Waals surface area contributed by atoms with Crippen molar-refractivity contribution < 1.29 is 4.74 Å². The van der Waals surface area contributed by atoms with Gasteiger partial charge in [0.2, 0.25) is 0 Å². The first-order chi connectivity index (χ1) is 11.2. The summed E-state index contributed by atoms with van der Waals surface area (Å²) in [6.45, 7) is 4.35. The lowest BCUT2D eigenvalue weighted by molar-refractivity contribution is 0.414. The molecule has 0 aliphatic carbocycles. The predicted molar refractivity (Wildman–Crippen MR) is 114 cm³/mol. The van der Waals surface area contributed by atoms with Crippen molar-refractivity contribution in [3.05, 3.63) is 51.2 Å². The van der Waals surface area contributed by atoms with E-state index in [0.717, 1.165) is 41.1 Å². The molecule has 132 valence electrons. The summed E-state index contributed by atoms with van der Waals surface area (Å²) < 4.78 is 5.99. The molecule has 0 fully saturated rings. The van der Waals surface area contributed by atoms with Crippen molar-refractivity contribution in [2.75, 3.05) is 20.2 Å². The summed E-state index contributed by atoms with van der Waals surface area (Å²) in [5, 5.41) is 6.61. The minimum Gasteiger partial charge on any atom is -0.497 e. The molecule has 2 rings (SSSR count). The number of rotatable bonds is 7. The highest BCUT2D eigenvalue weighted by atomic mass is 127. The number of thiophene rings is 1. The van der Waals surface area contributed by atoms with Gasteiger partial charge in [-0.15, -0.1) is 35.3 Å². The number of hydrogen-bond acceptors (Lipinski definition) is 3. The zero-order chi connectivity index (χ0) is 16.5. The topological polar surface area (TPSA) is 45.7 Å². The van der Waals surface area contributed by atoms with E-state index >= 15 is 0 Å². The SMILES string of the molecule is CCNC(=NCc1ccc(OC)cc1)NCCc1ccc(Cl)s1.I. The number of nitrogens with one attached hydrogen (secondary N) is 2. The smallest absolute Gasteiger partial charge is 0.191 e. The van der Waals surface area contributed by atoms with Crippen LogP contribution in [0.3, 0.4) is 0 Å². The van der Waals surface area contributed by atoms with Crippen LogP contribution in [0.25, 0.3) is 0 Å². The first-order valence-corrected chi connectivity index (χ1v) is 8.80. The maximum Gasteiger partial charge on any atom is 0.191 e. The third kappa shape index (κ3) is 7.27. The summed E-state index contributed by atoms with van der Waals surface area (Å²) >= 11 is 7.56. The van der Waals surface area contributed by atoms with Gasteiger partial charge in [0.15, 0.2) is 5.96 Å². The van der Waals surface area contributed by atoms with Crippen LogP contribution >= 0.6 is 46.9 Å². The van der Waals surface area contributed by atoms with Crippen LogP contribution in [0.2, 0.25) is 4.34 Å². The van der Waals surface area contributed by atoms with Gasteiger partial charge >= 0.3 is 0 Å². The zero-order valence-electron chi connectivity index (χ0n) is 13.8. The van der Waals surface area contributed by atoms with Gasteiger partial charge in [0.05, 0.1) is 18.0 Å². The maximum absolute atomic E-state index is 5.94. The molecule has 0 spiro atoms. The number of guanidine groups is 1. The Hall–Kier alpha value is -0.990. The van der Waals surface area contributed by atoms with Gasteiger partial charge in [0.1, 0.15) is 5.75 Å². The molecule has 0 saturated carbocycles. The molecular weight excluding hydrogens is 457 g/mol. The van der Waals surface area contributed by atoms with Gasteiger partial charge in [-0.3, -0.25) is 0 Å². The van der Waals surface area contributed by atoms with Crippen molar-refractivity contribution >= 4 is 52.9 Å². The first kappa shape index (κ1) is 21.1. The molecule has 0 saturated heterocycles. The van der Waals surface area contributed by atoms with E-state index in [1.807, 2.05) is 30.3 Å². The highest BCUT2D eigenvalue weighted by molar-refractivity contribution is 14.0. The Balaban J connectivity index is 0.00000288. The number of halogens is 2. The molecule has 4 nitrogen and oxygen atoms in total. The van der Waals surface area contributed by atoms with Crippen molar-refractivity contribution in [1.82, 2.24) is 10.6 Å². The molecule has 0 radical (unpaired) electrons. The summed E-state index contributed by atoms with van der Waals surface area (Å²) in [4.78, 5) is 5.88. The van der Waals surface area contributed by atoms with Gasteiger partial charge in [-0.1, -0.05) is 23.7 Å². The molecule has 0 bridgehead atoms. The summed E-state index contributed by atoms with van der Waals surface area (Å²) in [7, 11) is 1.67. The maximum atomic E-state index is 5.94. The molecule has 7 heteroatoms. The molecule has 0 aliphatic heterocycles. The van der Waals surface area contributed by atoms with Crippen molar-refractivity contribution in [2.45, 2.75) is 19.9 Å². The summed E-state index contributed by atoms with van der Waals surface area (Å²) in [6, 6.07) is 12.0. The second-order valence-electron chi connectivity index (χ2n) is 4.93. The highest BCUT2D eigenvalue weighted by Crippen LogP contribution is 2.21. The molecule has 2 N–H and O–H groups in total. The number of aliphatic imine (C=N–C) groups is 1. The molecule has 0 unspecified atom stereocenters. The van der Waals surface area contributed by atoms with Gasteiger partial charge in [-0.05, 0) is 43.2 Å². The number of ether oxygens (including phenoxy) is 1. The Kier molecular flexibility index (Phi) is 10.1. The van der Waals surface area contributed by atoms with E-state index in [9.17, 15) is 0 Å². The van der Waals surface area contributed by atoms with Gasteiger partial charge in [-0.25, -0.2) is 4.99 Å². The largest absolute Gasteiger partial charge is 0.497 e. The van der Waals surface area contributed by atoms with Gasteiger partial charge in [0.25, 0.3) is 0 Å². The lowest BCUT2D eigenvalue weighted by Crippen LogP contribution is -2.38. The van der Waals surface area contributed by atoms with Crippen LogP contribution in [0.15, 0.2) is 41.4 Å². The van der Waals surface area contributed by atoms with Crippen molar-refractivity contribution in [2.24, 2.45) is 4.99 Å². The Morgan fingerprint density at radius 3 is 2.50 bits per heavy atom. The van der Waals surface area contributed by atoms with Gasteiger partial charge in [-0.2, -0.15) is 0 Å². The van der Waals surface area contributed by atoms with Crippen LogP contribution in [0.5, 0.6) is 5.75 Å². The summed E-state index contributed by atoms with van der Waals surface area (Å²) in [5.74, 6) is 1.68. The second-order valence-corrected chi connectivity index (χ2v) is 6.73. The number of methoxy groups -OCH3 is 1. The molecule has 0 aliphatic rings. The minimum absolute atomic E-state index is 0. The quantitative estimate of drug-likeness (QED) is 0.353. The molecule has 0 amide bonds. The van der Waals surface area contributed by atoms with Crippen LogP contribution in [0, 0.1) is 0 Å². The lowest BCUT2D eigenvalue weighted by Gasteiger charge is -2.11. The Morgan fingerprint density at radius 2 is 1.92 bits per heavy atom. The molecule has 0 atom stereocenters. The van der Waals surface area contributed by atoms with Crippen LogP contribution in [0.4, 0.5) is 0 Å². The van der Waals surface area contributed by atoms with Crippen LogP contribution in [-0.4, -0.2) is 26.2 Å². The van der Waals surface area contributed by atoms with Gasteiger partial charge in [0, 0.05) is 18.0 Å². The van der Waals surface area contributed by atoms with E-state index in [-0.39, 0.29) is 24.0 Å². The molecule has 1 aromatic heterocycles. The average Bonchev–Trinajstić information content (AvgIpc) is 2.98. The van der Waals surface area contributed by atoms with Crippen LogP contribution < -0.4 is 15.4 Å². The normalized spacial score (nSPS) is 10.9. The summed E-state index contributed by atoms with van der Waals surface area (Å²) in [5.41, 5.74) is 1.15. The zero-order valence-corrected chi connectivity index (χ0v) is 17.7. The molecule has 1 heterocycles. The molecule has 1 aromatic carbocycles. The van der Waals surface area contributed by atoms with Crippen molar-refractivity contribution in [3.8, 4) is 5.75 Å². The third-order valence-electron chi connectivity index (χ3n) is 3.22. The van der Waals surface area contributed by atoms with E-state index in [4.69, 9.17) is 16.3 Å². The van der Waals surface area contributed by atoms with Crippen LogP contribution in [0.1, 0.15) is 17.4 Å². The lowest BCUT2D eigenvalue weighted by atomic mass is 10.2. The standard InChI is InChI=1S/C17H22ClN3OS.HI/c1-3-19-17(20-11-10-15-8-9-16(18)23-15)21-12-13-4-6-14(22-2)7-5-13;/h4-9H,3,10-12H2,1-2H3,(H2,19,20,21);1H. The molecule has 2 aromatic rings. The Bertz CT molecular complexity index is 631. The minimum atomic E-state index is 0. The Morgan fingerprint density at radius 1 is 1.17 bits per heavy atom. The number of benzene rings is 1. The predicted octanol–water partition coefficient (Wildman–Crippen LogP) is 4.33. The monoisotopic (exact) mass is 479 g/mol. The fraction of sp³-hybridized carbons (Fsp3) is 0.353. The van der Waals surface area contributed by atoms with Crippen molar-refractivity contribution in [1.29, 1.82) is 0 Å². The van der Waals surface area contributed by atoms with E-state index in [2.05, 4.69) is 28.6 Å². The van der Waals surface area contributed by atoms with E-state index in [1.165, 1.54) is 4.88 Å². The Labute approximate surface area is 169 Å². The number of hydrogen-bond donors (Lipinski definition) is 2. The molecule has 24 heavy (non-hydrogen) atoms. The molecular formula is C17H23ClIN3OS. The first-order valence-electron chi connectivity index (χ1n) is 7.60. The fourth-order valence-electron chi connectivity index (χ4n) is 2.03. The average molecular weight is 480 g/mol. The van der Waals surface area contributed by atoms with E-state index < -0.39 is 0 Å². The number of nitrogens with zero attached hydrogens (tertiary/aromatic N) is 1. The van der Waals surface area contributed by atoms with Gasteiger partial charge < -0.3 is 15.4 Å².